The largest absolute Gasteiger partial charge is 0.416 e. The maximum atomic E-state index is 13.1. The van der Waals surface area contributed by atoms with E-state index >= 15 is 0 Å². The van der Waals surface area contributed by atoms with Gasteiger partial charge >= 0.3 is 12.4 Å². The van der Waals surface area contributed by atoms with E-state index in [0.29, 0.717) is 18.2 Å². The Bertz CT molecular complexity index is 711. The molecule has 1 heterocycles. The van der Waals surface area contributed by atoms with Crippen LogP contribution in [0.1, 0.15) is 56.1 Å². The van der Waals surface area contributed by atoms with Crippen molar-refractivity contribution in [3.8, 4) is 0 Å². The van der Waals surface area contributed by atoms with Crippen molar-refractivity contribution in [1.82, 2.24) is 5.32 Å². The summed E-state index contributed by atoms with van der Waals surface area (Å²) in [5, 5.41) is 5.77. The van der Waals surface area contributed by atoms with Gasteiger partial charge in [0.2, 0.25) is 0 Å². The lowest BCUT2D eigenvalue weighted by Gasteiger charge is -2.39. The molecule has 1 aromatic carbocycles. The Morgan fingerprint density at radius 1 is 0.833 bits per heavy atom. The molecule has 168 valence electrons. The number of piperidine rings is 1. The van der Waals surface area contributed by atoms with Crippen LogP contribution in [0.2, 0.25) is 0 Å². The van der Waals surface area contributed by atoms with E-state index in [9.17, 15) is 26.3 Å². The van der Waals surface area contributed by atoms with Gasteiger partial charge in [-0.2, -0.15) is 26.3 Å². The minimum absolute atomic E-state index is 0.0516. The van der Waals surface area contributed by atoms with Crippen molar-refractivity contribution in [2.75, 3.05) is 18.4 Å². The van der Waals surface area contributed by atoms with E-state index < -0.39 is 23.5 Å². The molecular formula is C20H26F6N3S+. The number of halogens is 6. The molecule has 0 bridgehead atoms. The van der Waals surface area contributed by atoms with Crippen LogP contribution in [0.4, 0.5) is 32.0 Å². The van der Waals surface area contributed by atoms with Gasteiger partial charge in [-0.1, -0.05) is 6.42 Å². The number of thiocarbonyl (C=S) groups is 1. The Balaban J connectivity index is 1.73. The fourth-order valence-corrected chi connectivity index (χ4v) is 4.80. The van der Waals surface area contributed by atoms with Gasteiger partial charge in [-0.05, 0) is 62.5 Å². The minimum Gasteiger partial charge on any atom is -0.354 e. The summed E-state index contributed by atoms with van der Waals surface area (Å²) in [6.07, 6.45) is -2.15. The lowest BCUT2D eigenvalue weighted by atomic mass is 9.88. The highest BCUT2D eigenvalue weighted by molar-refractivity contribution is 7.80. The van der Waals surface area contributed by atoms with E-state index in [-0.39, 0.29) is 22.9 Å². The van der Waals surface area contributed by atoms with E-state index in [4.69, 9.17) is 12.2 Å². The van der Waals surface area contributed by atoms with E-state index in [2.05, 4.69) is 10.6 Å². The Hall–Kier alpha value is -1.55. The number of quaternary nitrogens is 1. The Morgan fingerprint density at radius 2 is 1.40 bits per heavy atom. The molecule has 1 saturated carbocycles. The van der Waals surface area contributed by atoms with Crippen molar-refractivity contribution < 1.29 is 31.2 Å². The van der Waals surface area contributed by atoms with Crippen LogP contribution >= 0.6 is 12.2 Å². The maximum Gasteiger partial charge on any atom is 0.416 e. The number of rotatable bonds is 3. The zero-order chi connectivity index (χ0) is 21.9. The van der Waals surface area contributed by atoms with E-state index in [0.717, 1.165) is 38.8 Å². The molecule has 2 aliphatic rings. The second-order valence-corrected chi connectivity index (χ2v) is 8.52. The third-order valence-electron chi connectivity index (χ3n) is 5.95. The maximum absolute atomic E-state index is 13.1. The van der Waals surface area contributed by atoms with Crippen LogP contribution in [-0.4, -0.2) is 30.3 Å². The molecule has 3 nitrogen and oxygen atoms in total. The summed E-state index contributed by atoms with van der Waals surface area (Å²) in [7, 11) is 0. The molecule has 0 radical (unpaired) electrons. The van der Waals surface area contributed by atoms with E-state index in [1.54, 1.807) is 0 Å². The van der Waals surface area contributed by atoms with Crippen molar-refractivity contribution in [3.63, 3.8) is 0 Å². The average Bonchev–Trinajstić information content (AvgIpc) is 2.67. The number of benzene rings is 1. The Morgan fingerprint density at radius 3 is 1.97 bits per heavy atom. The van der Waals surface area contributed by atoms with Gasteiger partial charge in [-0.15, -0.1) is 0 Å². The molecule has 1 saturated heterocycles. The molecular weight excluding hydrogens is 428 g/mol. The van der Waals surface area contributed by atoms with Crippen molar-refractivity contribution in [2.24, 2.45) is 0 Å². The summed E-state index contributed by atoms with van der Waals surface area (Å²) in [5.74, 6) is 0. The highest BCUT2D eigenvalue weighted by Gasteiger charge is 2.37. The fraction of sp³-hybridized carbons (Fsp3) is 0.650. The van der Waals surface area contributed by atoms with Crippen molar-refractivity contribution in [2.45, 2.75) is 69.4 Å². The van der Waals surface area contributed by atoms with Crippen molar-refractivity contribution in [3.05, 3.63) is 29.3 Å². The van der Waals surface area contributed by atoms with Crippen LogP contribution in [0.3, 0.4) is 0 Å². The second-order valence-electron chi connectivity index (χ2n) is 8.11. The summed E-state index contributed by atoms with van der Waals surface area (Å²) in [5.41, 5.74) is -3.06. The first kappa shape index (κ1) is 23.1. The molecule has 1 aliphatic heterocycles. The van der Waals surface area contributed by atoms with Crippen LogP contribution in [0, 0.1) is 0 Å². The quantitative estimate of drug-likeness (QED) is 0.467. The Labute approximate surface area is 177 Å². The summed E-state index contributed by atoms with van der Waals surface area (Å²) in [6.45, 7) is 2.18. The number of nitrogens with one attached hydrogen (secondary N) is 3. The highest BCUT2D eigenvalue weighted by Crippen LogP contribution is 2.37. The van der Waals surface area contributed by atoms with Crippen LogP contribution in [-0.2, 0) is 12.4 Å². The summed E-state index contributed by atoms with van der Waals surface area (Å²) < 4.78 is 78.3. The predicted molar refractivity (Wildman–Crippen MR) is 106 cm³/mol. The smallest absolute Gasteiger partial charge is 0.354 e. The number of anilines is 1. The summed E-state index contributed by atoms with van der Waals surface area (Å²) in [4.78, 5) is 1.51. The number of hydrogen-bond acceptors (Lipinski definition) is 1. The van der Waals surface area contributed by atoms with Crippen LogP contribution in [0.25, 0.3) is 0 Å². The van der Waals surface area contributed by atoms with Gasteiger partial charge in [-0.3, -0.25) is 0 Å². The molecule has 0 amide bonds. The van der Waals surface area contributed by atoms with E-state index in [1.807, 2.05) is 0 Å². The minimum atomic E-state index is -4.89. The molecule has 1 aliphatic carbocycles. The summed E-state index contributed by atoms with van der Waals surface area (Å²) in [6, 6.07) is 1.82. The molecule has 2 fully saturated rings. The average molecular weight is 455 g/mol. The van der Waals surface area contributed by atoms with Crippen LogP contribution in [0.5, 0.6) is 0 Å². The third kappa shape index (κ3) is 6.00. The first-order valence-electron chi connectivity index (χ1n) is 10.3. The molecule has 3 rings (SSSR count). The van der Waals surface area contributed by atoms with Crippen LogP contribution < -0.4 is 15.5 Å². The third-order valence-corrected chi connectivity index (χ3v) is 6.17. The van der Waals surface area contributed by atoms with Gasteiger partial charge in [-0.25, -0.2) is 0 Å². The molecule has 30 heavy (non-hydrogen) atoms. The van der Waals surface area contributed by atoms with Gasteiger partial charge in [0.15, 0.2) is 5.11 Å². The number of alkyl halides is 6. The Kier molecular flexibility index (Phi) is 7.16. The molecule has 3 N–H and O–H groups in total. The first-order chi connectivity index (χ1) is 14.0. The first-order valence-corrected chi connectivity index (χ1v) is 10.7. The van der Waals surface area contributed by atoms with Gasteiger partial charge in [0.1, 0.15) is 6.04 Å². The van der Waals surface area contributed by atoms with Crippen LogP contribution in [0.15, 0.2) is 18.2 Å². The van der Waals surface area contributed by atoms with Gasteiger partial charge < -0.3 is 15.5 Å². The standard InChI is InChI=1S/C20H25F6N3S/c21-19(22,23)13-10-14(20(24,25)26)12-15(11-13)27-18(30)28-16-6-2-3-7-17(16)29-8-4-1-5-9-29/h10-12,16-17H,1-9H2,(H2,27,28,30)/p+1/t16-,17-/m1/s1. The van der Waals surface area contributed by atoms with Gasteiger partial charge in [0.05, 0.1) is 30.3 Å². The molecule has 0 unspecified atom stereocenters. The lowest BCUT2D eigenvalue weighted by molar-refractivity contribution is -0.932. The highest BCUT2D eigenvalue weighted by atomic mass is 32.1. The topological polar surface area (TPSA) is 28.5 Å². The molecule has 1 aromatic rings. The molecule has 10 heteroatoms. The van der Waals surface area contributed by atoms with Gasteiger partial charge in [0.25, 0.3) is 0 Å². The zero-order valence-electron chi connectivity index (χ0n) is 16.4. The van der Waals surface area contributed by atoms with E-state index in [1.165, 1.54) is 24.2 Å². The lowest BCUT2D eigenvalue weighted by Crippen LogP contribution is -3.18. The molecule has 2 atom stereocenters. The van der Waals surface area contributed by atoms with Gasteiger partial charge in [0, 0.05) is 12.1 Å². The second kappa shape index (κ2) is 9.30. The zero-order valence-corrected chi connectivity index (χ0v) is 17.2. The fourth-order valence-electron chi connectivity index (χ4n) is 4.53. The predicted octanol–water partition coefficient (Wildman–Crippen LogP) is 4.39. The normalized spacial score (nSPS) is 23.8. The SMILES string of the molecule is FC(F)(F)c1cc(NC(=S)N[C@@H]2CCCC[C@H]2[NH+]2CCCCC2)cc(C(F)(F)F)c1. The molecule has 0 spiro atoms. The van der Waals surface area contributed by atoms with Crippen molar-refractivity contribution in [1.29, 1.82) is 0 Å². The molecule has 0 aromatic heterocycles. The summed E-state index contributed by atoms with van der Waals surface area (Å²) >= 11 is 5.25. The number of hydrogen-bond donors (Lipinski definition) is 3. The van der Waals surface area contributed by atoms with Crippen molar-refractivity contribution >= 4 is 23.0 Å². The monoisotopic (exact) mass is 454 g/mol. The number of likely N-dealkylation sites (tertiary alicyclic amines) is 1.